The summed E-state index contributed by atoms with van der Waals surface area (Å²) in [7, 11) is 0. The van der Waals surface area contributed by atoms with Crippen molar-refractivity contribution >= 4 is 0 Å². The predicted octanol–water partition coefficient (Wildman–Crippen LogP) is 3.53. The number of hydrogen-bond acceptors (Lipinski definition) is 0. The van der Waals surface area contributed by atoms with E-state index in [1.165, 1.54) is 6.92 Å². The molecule has 1 aliphatic rings. The SMILES string of the molecule is [2H]C1([2H])C([2H])([2H])C([2H])([2H])C([2H])(CC(=C)C)C([2H])([2H])C1([2H])[2H]. The Labute approximate surface area is 79.8 Å². The molecule has 0 heterocycles. The van der Waals surface area contributed by atoms with Crippen molar-refractivity contribution in [1.82, 2.24) is 0 Å². The van der Waals surface area contributed by atoms with Crippen molar-refractivity contribution in [2.75, 3.05) is 0 Å². The second-order valence-corrected chi connectivity index (χ2v) is 2.24. The molecule has 1 saturated carbocycles. The van der Waals surface area contributed by atoms with Crippen LogP contribution >= 0.6 is 0 Å². The van der Waals surface area contributed by atoms with Crippen molar-refractivity contribution in [2.24, 2.45) is 5.89 Å². The molecule has 0 unspecified atom stereocenters. The van der Waals surface area contributed by atoms with Crippen LogP contribution in [0.5, 0.6) is 0 Å². The molecule has 0 aromatic heterocycles. The topological polar surface area (TPSA) is 0 Å². The summed E-state index contributed by atoms with van der Waals surface area (Å²) in [4.78, 5) is 0. The Kier molecular flexibility index (Phi) is 0.657. The van der Waals surface area contributed by atoms with E-state index >= 15 is 0 Å². The highest BCUT2D eigenvalue weighted by molar-refractivity contribution is 4.90. The summed E-state index contributed by atoms with van der Waals surface area (Å²) in [6.45, 7) is 4.87. The van der Waals surface area contributed by atoms with Crippen molar-refractivity contribution in [3.05, 3.63) is 12.2 Å². The van der Waals surface area contributed by atoms with Crippen LogP contribution in [0.4, 0.5) is 0 Å². The minimum Gasteiger partial charge on any atom is -0.100 e. The Balaban J connectivity index is 3.78. The van der Waals surface area contributed by atoms with E-state index in [0.717, 1.165) is 0 Å². The highest BCUT2D eigenvalue weighted by Crippen LogP contribution is 2.27. The average Bonchev–Trinajstić information content (AvgIpc) is 2.25. The van der Waals surface area contributed by atoms with Gasteiger partial charge in [0.05, 0.1) is 0 Å². The Morgan fingerprint density at radius 3 is 2.70 bits per heavy atom. The van der Waals surface area contributed by atoms with Gasteiger partial charge in [-0.15, -0.1) is 6.58 Å². The summed E-state index contributed by atoms with van der Waals surface area (Å²) in [6, 6.07) is 0. The van der Waals surface area contributed by atoms with Gasteiger partial charge in [0.25, 0.3) is 0 Å². The maximum Gasteiger partial charge on any atom is 0.0306 e. The first-order valence-corrected chi connectivity index (χ1v) is 3.06. The van der Waals surface area contributed by atoms with Gasteiger partial charge in [0, 0.05) is 15.1 Å². The lowest BCUT2D eigenvalue weighted by Gasteiger charge is -2.21. The molecule has 0 saturated heterocycles. The molecule has 1 rings (SSSR count). The van der Waals surface area contributed by atoms with E-state index in [1.54, 1.807) is 0 Å². The van der Waals surface area contributed by atoms with E-state index in [0.29, 0.717) is 0 Å². The lowest BCUT2D eigenvalue weighted by atomic mass is 9.85. The molecule has 1 aliphatic carbocycles. The molecule has 10 heavy (non-hydrogen) atoms. The molecule has 1 fully saturated rings. The third-order valence-corrected chi connectivity index (χ3v) is 1.03. The number of allylic oxidation sites excluding steroid dienone is 1. The molecule has 58 valence electrons. The second-order valence-electron chi connectivity index (χ2n) is 2.24. The molecule has 0 atom stereocenters. The number of rotatable bonds is 2. The van der Waals surface area contributed by atoms with Gasteiger partial charge in [0.15, 0.2) is 0 Å². The van der Waals surface area contributed by atoms with Gasteiger partial charge in [-0.2, -0.15) is 0 Å². The maximum absolute atomic E-state index is 8.19. The first kappa shape index (κ1) is 1.73. The van der Waals surface area contributed by atoms with Crippen molar-refractivity contribution < 1.29 is 15.1 Å². The lowest BCUT2D eigenvalue weighted by molar-refractivity contribution is 0.356. The van der Waals surface area contributed by atoms with E-state index in [-0.39, 0.29) is 5.57 Å². The van der Waals surface area contributed by atoms with Crippen molar-refractivity contribution in [3.8, 4) is 0 Å². The molecule has 0 bridgehead atoms. The third kappa shape index (κ3) is 2.55. The highest BCUT2D eigenvalue weighted by atomic mass is 14.2. The molecule has 0 aromatic carbocycles. The van der Waals surface area contributed by atoms with Crippen molar-refractivity contribution in [1.29, 1.82) is 0 Å². The Hall–Kier alpha value is -0.260. The zero-order valence-corrected chi connectivity index (χ0v) is 5.91. The first-order chi connectivity index (χ1) is 8.92. The molecule has 0 radical (unpaired) electrons. The van der Waals surface area contributed by atoms with E-state index in [1.807, 2.05) is 0 Å². The Morgan fingerprint density at radius 1 is 1.60 bits per heavy atom. The van der Waals surface area contributed by atoms with E-state index in [2.05, 4.69) is 6.58 Å². The fourth-order valence-electron chi connectivity index (χ4n) is 0.666. The molecular weight excluding hydrogens is 120 g/mol. The zero-order chi connectivity index (χ0) is 17.3. The fraction of sp³-hybridized carbons (Fsp3) is 0.800. The Bertz CT molecular complexity index is 432. The van der Waals surface area contributed by atoms with E-state index in [4.69, 9.17) is 15.1 Å². The minimum absolute atomic E-state index is 0.187. The van der Waals surface area contributed by atoms with Gasteiger partial charge in [-0.1, -0.05) is 37.4 Å². The summed E-state index contributed by atoms with van der Waals surface area (Å²) >= 11 is 0. The normalized spacial score (nSPS) is 65.5. The van der Waals surface area contributed by atoms with Gasteiger partial charge in [0.2, 0.25) is 0 Å². The van der Waals surface area contributed by atoms with Crippen LogP contribution in [0.2, 0.25) is 0 Å². The molecule has 0 nitrogen and oxygen atoms in total. The average molecular weight is 149 g/mol. The standard InChI is InChI=1S/C10H18/c1-9(2)8-10-6-4-3-5-7-10/h10H,1,3-8H2,2H3/i3D2,4D2,5D2,6D2,7D2,10D. The quantitative estimate of drug-likeness (QED) is 0.527. The molecular formula is C10H18. The van der Waals surface area contributed by atoms with Gasteiger partial charge < -0.3 is 0 Å². The van der Waals surface area contributed by atoms with Crippen LogP contribution in [0.3, 0.4) is 0 Å². The third-order valence-electron chi connectivity index (χ3n) is 1.03. The molecule has 0 spiro atoms. The van der Waals surface area contributed by atoms with Gasteiger partial charge >= 0.3 is 0 Å². The van der Waals surface area contributed by atoms with Crippen LogP contribution in [-0.2, 0) is 0 Å². The van der Waals surface area contributed by atoms with Crippen LogP contribution in [-0.4, -0.2) is 0 Å². The molecule has 0 heteroatoms. The smallest absolute Gasteiger partial charge is 0.0306 e. The summed E-state index contributed by atoms with van der Waals surface area (Å²) in [5, 5.41) is 0. The Morgan fingerprint density at radius 2 is 2.20 bits per heavy atom. The minimum atomic E-state index is -3.45. The zero-order valence-electron chi connectivity index (χ0n) is 16.9. The van der Waals surface area contributed by atoms with Crippen LogP contribution in [0.15, 0.2) is 12.2 Å². The second kappa shape index (κ2) is 3.80. The monoisotopic (exact) mass is 149 g/mol. The predicted molar refractivity (Wildman–Crippen MR) is 46.0 cm³/mol. The lowest BCUT2D eigenvalue weighted by Crippen LogP contribution is -2.05. The van der Waals surface area contributed by atoms with Crippen LogP contribution in [0.1, 0.15) is 60.3 Å². The van der Waals surface area contributed by atoms with Gasteiger partial charge in [0.1, 0.15) is 0 Å². The van der Waals surface area contributed by atoms with Gasteiger partial charge in [-0.05, 0) is 19.2 Å². The summed E-state index contributed by atoms with van der Waals surface area (Å²) < 4.78 is 85.9. The van der Waals surface area contributed by atoms with Crippen LogP contribution in [0, 0.1) is 5.89 Å². The van der Waals surface area contributed by atoms with Crippen molar-refractivity contribution in [3.63, 3.8) is 0 Å². The summed E-state index contributed by atoms with van der Waals surface area (Å²) in [5.74, 6) is -2.86. The summed E-state index contributed by atoms with van der Waals surface area (Å²) in [6.07, 6.45) is -17.4. The van der Waals surface area contributed by atoms with E-state index < -0.39 is 44.2 Å². The summed E-state index contributed by atoms with van der Waals surface area (Å²) in [5.41, 5.74) is 0.187. The molecule has 0 N–H and O–H groups in total. The maximum atomic E-state index is 8.19. The van der Waals surface area contributed by atoms with E-state index in [9.17, 15) is 0 Å². The number of hydrogen-bond donors (Lipinski definition) is 0. The van der Waals surface area contributed by atoms with Gasteiger partial charge in [-0.3, -0.25) is 0 Å². The molecule has 0 aromatic rings. The first-order valence-electron chi connectivity index (χ1n) is 8.56. The molecule has 0 amide bonds. The van der Waals surface area contributed by atoms with Crippen LogP contribution in [0.25, 0.3) is 0 Å². The molecule has 0 aliphatic heterocycles. The largest absolute Gasteiger partial charge is 0.100 e. The van der Waals surface area contributed by atoms with Crippen LogP contribution < -0.4 is 0 Å². The van der Waals surface area contributed by atoms with Crippen molar-refractivity contribution in [2.45, 2.75) is 45.2 Å². The highest BCUT2D eigenvalue weighted by Gasteiger charge is 2.12. The fourth-order valence-corrected chi connectivity index (χ4v) is 0.666. The van der Waals surface area contributed by atoms with Gasteiger partial charge in [-0.25, -0.2) is 0 Å².